The Hall–Kier alpha value is -3.10. The van der Waals surface area contributed by atoms with Crippen molar-refractivity contribution >= 4 is 11.8 Å². The molecule has 3 N–H and O–H groups in total. The minimum Gasteiger partial charge on any atom is -0.380 e. The van der Waals surface area contributed by atoms with Crippen molar-refractivity contribution in [3.05, 3.63) is 70.8 Å². The third-order valence-electron chi connectivity index (χ3n) is 4.20. The number of hydrogen-bond donors (Lipinski definition) is 3. The molecule has 2 aromatic rings. The Morgan fingerprint density at radius 1 is 0.839 bits per heavy atom. The Balaban J connectivity index is 2.21. The van der Waals surface area contributed by atoms with E-state index in [1.165, 1.54) is 0 Å². The number of nitrogens with one attached hydrogen (secondary N) is 2. The van der Waals surface area contributed by atoms with Crippen LogP contribution in [0.3, 0.4) is 0 Å². The molecule has 0 aliphatic heterocycles. The molecule has 1 atom stereocenters. The summed E-state index contributed by atoms with van der Waals surface area (Å²) < 4.78 is 0. The predicted octanol–water partition coefficient (Wildman–Crippen LogP) is 3.70. The lowest BCUT2D eigenvalue weighted by Crippen LogP contribution is -2.41. The Bertz CT molecular complexity index is 1000. The van der Waals surface area contributed by atoms with Crippen LogP contribution in [0.25, 0.3) is 0 Å². The number of rotatable bonds is 4. The largest absolute Gasteiger partial charge is 0.380 e. The quantitative estimate of drug-likeness (QED) is 0.660. The van der Waals surface area contributed by atoms with Gasteiger partial charge in [-0.2, -0.15) is 0 Å². The van der Waals surface area contributed by atoms with E-state index < -0.39 is 6.10 Å². The fraction of sp³-hybridized carbons (Fsp3) is 0.385. The van der Waals surface area contributed by atoms with E-state index in [0.29, 0.717) is 22.3 Å². The number of benzene rings is 2. The topological polar surface area (TPSA) is 78.4 Å². The van der Waals surface area contributed by atoms with Crippen LogP contribution in [0.15, 0.2) is 48.5 Å². The number of aliphatic hydroxyl groups is 1. The van der Waals surface area contributed by atoms with Crippen LogP contribution in [-0.4, -0.2) is 34.1 Å². The molecule has 0 heterocycles. The molecule has 0 radical (unpaired) electrons. The lowest BCUT2D eigenvalue weighted by atomic mass is 9.99. The third kappa shape index (κ3) is 7.92. The average molecular weight is 421 g/mol. The Morgan fingerprint density at radius 2 is 1.32 bits per heavy atom. The van der Waals surface area contributed by atoms with Crippen molar-refractivity contribution in [3.8, 4) is 11.8 Å². The molecule has 0 saturated heterocycles. The molecule has 0 aliphatic rings. The molecule has 5 nitrogen and oxygen atoms in total. The average Bonchev–Trinajstić information content (AvgIpc) is 2.64. The van der Waals surface area contributed by atoms with Crippen LogP contribution in [0.4, 0.5) is 0 Å². The van der Waals surface area contributed by atoms with Gasteiger partial charge < -0.3 is 15.7 Å². The summed E-state index contributed by atoms with van der Waals surface area (Å²) in [6, 6.07) is 14.2. The van der Waals surface area contributed by atoms with Gasteiger partial charge in [-0.15, -0.1) is 0 Å². The molecule has 0 saturated carbocycles. The van der Waals surface area contributed by atoms with Crippen LogP contribution in [0.5, 0.6) is 0 Å². The van der Waals surface area contributed by atoms with Gasteiger partial charge in [0.25, 0.3) is 11.8 Å². The molecular weight excluding hydrogens is 388 g/mol. The second-order valence-electron chi connectivity index (χ2n) is 9.60. The maximum atomic E-state index is 12.6. The highest BCUT2D eigenvalue weighted by atomic mass is 16.3. The van der Waals surface area contributed by atoms with E-state index in [9.17, 15) is 14.7 Å². The zero-order valence-electron chi connectivity index (χ0n) is 19.2. The smallest absolute Gasteiger partial charge is 0.252 e. The summed E-state index contributed by atoms with van der Waals surface area (Å²) in [6.45, 7) is 11.5. The first kappa shape index (κ1) is 24.2. The monoisotopic (exact) mass is 420 g/mol. The summed E-state index contributed by atoms with van der Waals surface area (Å²) >= 11 is 0. The molecule has 164 valence electrons. The van der Waals surface area contributed by atoms with Gasteiger partial charge in [0.05, 0.1) is 5.56 Å². The van der Waals surface area contributed by atoms with Gasteiger partial charge in [0.2, 0.25) is 0 Å². The molecule has 0 aromatic heterocycles. The van der Waals surface area contributed by atoms with Gasteiger partial charge in [0, 0.05) is 28.6 Å². The van der Waals surface area contributed by atoms with E-state index in [2.05, 4.69) is 22.5 Å². The second kappa shape index (κ2) is 9.80. The molecule has 0 spiro atoms. The Kier molecular flexibility index (Phi) is 7.65. The Labute approximate surface area is 185 Å². The fourth-order valence-electron chi connectivity index (χ4n) is 2.95. The number of amides is 2. The van der Waals surface area contributed by atoms with Gasteiger partial charge in [-0.3, -0.25) is 9.59 Å². The van der Waals surface area contributed by atoms with Crippen molar-refractivity contribution < 1.29 is 14.7 Å². The summed E-state index contributed by atoms with van der Waals surface area (Å²) in [5.74, 6) is 5.34. The minimum atomic E-state index is -0.984. The summed E-state index contributed by atoms with van der Waals surface area (Å²) in [5.41, 5.74) is 1.51. The zero-order valence-corrected chi connectivity index (χ0v) is 19.2. The van der Waals surface area contributed by atoms with Crippen LogP contribution in [0.1, 0.15) is 73.4 Å². The maximum absolute atomic E-state index is 12.6. The van der Waals surface area contributed by atoms with Gasteiger partial charge in [-0.1, -0.05) is 42.2 Å². The van der Waals surface area contributed by atoms with Crippen molar-refractivity contribution in [1.82, 2.24) is 10.6 Å². The van der Waals surface area contributed by atoms with Gasteiger partial charge in [-0.25, -0.2) is 0 Å². The molecular formula is C26H32N2O3. The summed E-state index contributed by atoms with van der Waals surface area (Å²) in [6.07, 6.45) is -0.779. The van der Waals surface area contributed by atoms with Gasteiger partial charge in [-0.05, 0) is 65.3 Å². The molecule has 0 aliphatic carbocycles. The van der Waals surface area contributed by atoms with Crippen LogP contribution in [0, 0.1) is 11.8 Å². The lowest BCUT2D eigenvalue weighted by Gasteiger charge is -2.21. The highest BCUT2D eigenvalue weighted by Crippen LogP contribution is 2.14. The van der Waals surface area contributed by atoms with Crippen molar-refractivity contribution in [3.63, 3.8) is 0 Å². The molecule has 5 heteroatoms. The molecule has 2 rings (SSSR count). The van der Waals surface area contributed by atoms with E-state index >= 15 is 0 Å². The van der Waals surface area contributed by atoms with Gasteiger partial charge in [0.15, 0.2) is 0 Å². The van der Waals surface area contributed by atoms with E-state index in [-0.39, 0.29) is 29.3 Å². The van der Waals surface area contributed by atoms with E-state index in [4.69, 9.17) is 0 Å². The summed E-state index contributed by atoms with van der Waals surface area (Å²) in [5, 5.41) is 16.4. The number of aliphatic hydroxyl groups excluding tert-OH is 1. The lowest BCUT2D eigenvalue weighted by molar-refractivity contribution is 0.0909. The van der Waals surface area contributed by atoms with Crippen molar-refractivity contribution in [1.29, 1.82) is 0 Å². The molecule has 0 bridgehead atoms. The first-order valence-electron chi connectivity index (χ1n) is 10.4. The van der Waals surface area contributed by atoms with Crippen LogP contribution in [-0.2, 0) is 6.42 Å². The van der Waals surface area contributed by atoms with E-state index in [0.717, 1.165) is 0 Å². The highest BCUT2D eigenvalue weighted by Gasteiger charge is 2.19. The van der Waals surface area contributed by atoms with E-state index in [1.807, 2.05) is 53.7 Å². The summed E-state index contributed by atoms with van der Waals surface area (Å²) in [7, 11) is 0. The van der Waals surface area contributed by atoms with Crippen LogP contribution >= 0.6 is 0 Å². The SMILES string of the molecule is CC(C)(C)NC(=O)c1ccccc1C#C[C@H](O)Cc1ccccc1C(=O)NC(C)(C)C. The fourth-order valence-corrected chi connectivity index (χ4v) is 2.95. The second-order valence-corrected chi connectivity index (χ2v) is 9.60. The van der Waals surface area contributed by atoms with Crippen LogP contribution in [0.2, 0.25) is 0 Å². The minimum absolute atomic E-state index is 0.188. The molecule has 0 unspecified atom stereocenters. The third-order valence-corrected chi connectivity index (χ3v) is 4.20. The van der Waals surface area contributed by atoms with Gasteiger partial charge in [0.1, 0.15) is 6.10 Å². The summed E-state index contributed by atoms with van der Waals surface area (Å²) in [4.78, 5) is 25.2. The molecule has 0 fully saturated rings. The van der Waals surface area contributed by atoms with Crippen molar-refractivity contribution in [2.45, 2.75) is 65.1 Å². The number of carbonyl (C=O) groups excluding carboxylic acids is 2. The molecule has 2 amide bonds. The molecule has 2 aromatic carbocycles. The molecule has 31 heavy (non-hydrogen) atoms. The highest BCUT2D eigenvalue weighted by molar-refractivity contribution is 5.97. The first-order chi connectivity index (χ1) is 14.4. The first-order valence-corrected chi connectivity index (χ1v) is 10.4. The Morgan fingerprint density at radius 3 is 1.90 bits per heavy atom. The normalized spacial score (nSPS) is 12.4. The standard InChI is InChI=1S/C26H32N2O3/c1-25(2,3)27-23(30)21-13-9-7-11-18(21)15-16-20(29)17-19-12-8-10-14-22(19)24(31)28-26(4,5)6/h7-14,20,29H,17H2,1-6H3,(H,27,30)(H,28,31)/t20-/m0/s1. The zero-order chi connectivity index (χ0) is 23.2. The number of carbonyl (C=O) groups is 2. The van der Waals surface area contributed by atoms with Crippen LogP contribution < -0.4 is 10.6 Å². The van der Waals surface area contributed by atoms with Gasteiger partial charge >= 0.3 is 0 Å². The number of hydrogen-bond acceptors (Lipinski definition) is 3. The van der Waals surface area contributed by atoms with Crippen molar-refractivity contribution in [2.75, 3.05) is 0 Å². The predicted molar refractivity (Wildman–Crippen MR) is 124 cm³/mol. The van der Waals surface area contributed by atoms with E-state index in [1.54, 1.807) is 36.4 Å². The maximum Gasteiger partial charge on any atom is 0.252 e. The van der Waals surface area contributed by atoms with Crippen molar-refractivity contribution in [2.24, 2.45) is 0 Å².